The minimum atomic E-state index is -0.896. The van der Waals surface area contributed by atoms with Gasteiger partial charge in [0.2, 0.25) is 0 Å². The van der Waals surface area contributed by atoms with Gasteiger partial charge in [-0.2, -0.15) is 0 Å². The maximum absolute atomic E-state index is 11.1. The Morgan fingerprint density at radius 1 is 1.00 bits per heavy atom. The Bertz CT molecular complexity index is 962. The maximum atomic E-state index is 11.1. The molecule has 0 saturated heterocycles. The number of carbonyl (C=O) groups is 1. The van der Waals surface area contributed by atoms with E-state index in [0.29, 0.717) is 12.2 Å². The van der Waals surface area contributed by atoms with Crippen molar-refractivity contribution in [3.63, 3.8) is 0 Å². The lowest BCUT2D eigenvalue weighted by Gasteiger charge is -2.42. The third kappa shape index (κ3) is 3.23. The molecule has 0 fully saturated rings. The highest BCUT2D eigenvalue weighted by atomic mass is 16.5. The van der Waals surface area contributed by atoms with Crippen LogP contribution in [0.15, 0.2) is 36.4 Å². The van der Waals surface area contributed by atoms with Crippen LogP contribution in [-0.2, 0) is 10.8 Å². The zero-order chi connectivity index (χ0) is 20.1. The average molecular weight is 376 g/mol. The molecule has 0 atom stereocenters. The summed E-state index contributed by atoms with van der Waals surface area (Å²) in [6.07, 6.45) is 5.39. The Kier molecular flexibility index (Phi) is 4.37. The molecule has 0 aromatic heterocycles. The van der Waals surface area contributed by atoms with Crippen LogP contribution in [-0.4, -0.2) is 17.7 Å². The number of fused-ring (bicyclic) bond motifs is 2. The molecule has 2 aliphatic rings. The Labute approximate surface area is 167 Å². The summed E-state index contributed by atoms with van der Waals surface area (Å²) in [7, 11) is 0. The van der Waals surface area contributed by atoms with Gasteiger partial charge < -0.3 is 9.84 Å². The van der Waals surface area contributed by atoms with E-state index >= 15 is 0 Å². The van der Waals surface area contributed by atoms with Crippen molar-refractivity contribution in [2.45, 2.75) is 57.8 Å². The van der Waals surface area contributed by atoms with E-state index in [0.717, 1.165) is 17.7 Å². The van der Waals surface area contributed by atoms with Gasteiger partial charge in [0, 0.05) is 12.0 Å². The summed E-state index contributed by atoms with van der Waals surface area (Å²) in [5.74, 6) is 0.0799. The minimum Gasteiger partial charge on any atom is -0.493 e. The third-order valence-corrected chi connectivity index (χ3v) is 6.43. The highest BCUT2D eigenvalue weighted by Crippen LogP contribution is 2.49. The van der Waals surface area contributed by atoms with Gasteiger partial charge in [0.1, 0.15) is 5.75 Å². The molecule has 0 radical (unpaired) electrons. The van der Waals surface area contributed by atoms with E-state index in [9.17, 15) is 4.79 Å². The number of hydrogen-bond acceptors (Lipinski definition) is 2. The van der Waals surface area contributed by atoms with E-state index in [1.165, 1.54) is 35.1 Å². The quantitative estimate of drug-likeness (QED) is 0.693. The number of benzene rings is 2. The first-order chi connectivity index (χ1) is 13.2. The van der Waals surface area contributed by atoms with Crippen molar-refractivity contribution in [3.05, 3.63) is 64.2 Å². The molecule has 1 aliphatic carbocycles. The molecule has 0 amide bonds. The van der Waals surface area contributed by atoms with Crippen molar-refractivity contribution in [3.8, 4) is 5.75 Å². The summed E-state index contributed by atoms with van der Waals surface area (Å²) < 4.78 is 6.05. The van der Waals surface area contributed by atoms with Gasteiger partial charge in [-0.05, 0) is 70.2 Å². The molecule has 146 valence electrons. The van der Waals surface area contributed by atoms with Gasteiger partial charge in [-0.3, -0.25) is 0 Å². The number of aromatic carboxylic acids is 1. The molecule has 0 spiro atoms. The van der Waals surface area contributed by atoms with Crippen LogP contribution in [0.4, 0.5) is 0 Å². The lowest BCUT2D eigenvalue weighted by molar-refractivity contribution is 0.0697. The van der Waals surface area contributed by atoms with Crippen LogP contribution in [0.5, 0.6) is 5.75 Å². The molecule has 28 heavy (non-hydrogen) atoms. The average Bonchev–Trinajstić information content (AvgIpc) is 2.65. The molecule has 0 bridgehead atoms. The van der Waals surface area contributed by atoms with Crippen LogP contribution in [0.2, 0.25) is 0 Å². The van der Waals surface area contributed by atoms with E-state index in [2.05, 4.69) is 45.9 Å². The molecular formula is C25H28O3. The zero-order valence-electron chi connectivity index (χ0n) is 17.1. The second-order valence-corrected chi connectivity index (χ2v) is 9.36. The van der Waals surface area contributed by atoms with Crippen molar-refractivity contribution in [1.82, 2.24) is 0 Å². The van der Waals surface area contributed by atoms with Crippen LogP contribution < -0.4 is 4.74 Å². The first-order valence-corrected chi connectivity index (χ1v) is 10.0. The molecule has 2 aromatic rings. The maximum Gasteiger partial charge on any atom is 0.335 e. The normalized spacial score (nSPS) is 20.8. The monoisotopic (exact) mass is 376 g/mol. The predicted molar refractivity (Wildman–Crippen MR) is 113 cm³/mol. The fourth-order valence-electron chi connectivity index (χ4n) is 4.44. The van der Waals surface area contributed by atoms with Crippen LogP contribution in [0.1, 0.15) is 79.6 Å². The smallest absolute Gasteiger partial charge is 0.335 e. The summed E-state index contributed by atoms with van der Waals surface area (Å²) >= 11 is 0. The highest BCUT2D eigenvalue weighted by molar-refractivity contribution is 5.89. The highest BCUT2D eigenvalue weighted by Gasteiger charge is 2.38. The summed E-state index contributed by atoms with van der Waals surface area (Å²) in [4.78, 5) is 11.1. The van der Waals surface area contributed by atoms with Crippen molar-refractivity contribution < 1.29 is 14.6 Å². The summed E-state index contributed by atoms with van der Waals surface area (Å²) in [5, 5.41) is 9.10. The largest absolute Gasteiger partial charge is 0.493 e. The predicted octanol–water partition coefficient (Wildman–Crippen LogP) is 6.06. The van der Waals surface area contributed by atoms with Gasteiger partial charge in [-0.15, -0.1) is 0 Å². The molecule has 2 aromatic carbocycles. The van der Waals surface area contributed by atoms with Gasteiger partial charge in [-0.25, -0.2) is 4.79 Å². The Morgan fingerprint density at radius 2 is 1.61 bits per heavy atom. The zero-order valence-corrected chi connectivity index (χ0v) is 17.1. The van der Waals surface area contributed by atoms with Crippen molar-refractivity contribution >= 4 is 17.6 Å². The Balaban J connectivity index is 1.80. The number of rotatable bonds is 2. The second kappa shape index (κ2) is 6.51. The number of ether oxygens (including phenoxy) is 1. The van der Waals surface area contributed by atoms with Crippen molar-refractivity contribution in [2.75, 3.05) is 6.61 Å². The molecular weight excluding hydrogens is 348 g/mol. The van der Waals surface area contributed by atoms with Gasteiger partial charge in [0.05, 0.1) is 12.2 Å². The van der Waals surface area contributed by atoms with Crippen molar-refractivity contribution in [1.29, 1.82) is 0 Å². The van der Waals surface area contributed by atoms with Crippen LogP contribution in [0, 0.1) is 0 Å². The topological polar surface area (TPSA) is 46.5 Å². The van der Waals surface area contributed by atoms with E-state index in [4.69, 9.17) is 9.84 Å². The van der Waals surface area contributed by atoms with E-state index < -0.39 is 5.97 Å². The Hall–Kier alpha value is -2.55. The van der Waals surface area contributed by atoms with Crippen LogP contribution in [0.25, 0.3) is 11.6 Å². The van der Waals surface area contributed by atoms with Gasteiger partial charge >= 0.3 is 5.97 Å². The number of hydrogen-bond donors (Lipinski definition) is 1. The molecule has 0 saturated carbocycles. The van der Waals surface area contributed by atoms with E-state index in [1.54, 1.807) is 12.1 Å². The van der Waals surface area contributed by atoms with Crippen LogP contribution in [0.3, 0.4) is 0 Å². The molecule has 1 heterocycles. The SMILES string of the molecule is CC1(C)CCC(C)(C)c2cc3c(cc21)OCC/C3=C\c1ccc(C(=O)O)cc1. The second-order valence-electron chi connectivity index (χ2n) is 9.36. The molecule has 3 heteroatoms. The third-order valence-electron chi connectivity index (χ3n) is 6.43. The Morgan fingerprint density at radius 3 is 2.21 bits per heavy atom. The molecule has 0 unspecified atom stereocenters. The van der Waals surface area contributed by atoms with E-state index in [-0.39, 0.29) is 10.8 Å². The minimum absolute atomic E-state index is 0.158. The van der Waals surface area contributed by atoms with Gasteiger partial charge in [0.25, 0.3) is 0 Å². The number of carboxylic acids is 1. The molecule has 1 aliphatic heterocycles. The summed E-state index contributed by atoms with van der Waals surface area (Å²) in [6.45, 7) is 10.0. The standard InChI is InChI=1S/C25H28O3/c1-24(2)10-11-25(3,4)21-15-22-19(14-20(21)24)18(9-12-28-22)13-16-5-7-17(8-6-16)23(26)27/h5-8,13-15H,9-12H2,1-4H3,(H,26,27)/b18-13+. The summed E-state index contributed by atoms with van der Waals surface area (Å²) in [5.41, 5.74) is 6.93. The van der Waals surface area contributed by atoms with Gasteiger partial charge in [0.15, 0.2) is 0 Å². The van der Waals surface area contributed by atoms with Crippen LogP contribution >= 0.6 is 0 Å². The first-order valence-electron chi connectivity index (χ1n) is 10.0. The lowest BCUT2D eigenvalue weighted by Crippen LogP contribution is -2.34. The van der Waals surface area contributed by atoms with Crippen molar-refractivity contribution in [2.24, 2.45) is 0 Å². The number of carboxylic acid groups (broad SMARTS) is 1. The molecule has 1 N–H and O–H groups in total. The van der Waals surface area contributed by atoms with Gasteiger partial charge in [-0.1, -0.05) is 45.9 Å². The fraction of sp³-hybridized carbons (Fsp3) is 0.400. The molecule has 3 nitrogen and oxygen atoms in total. The first kappa shape index (κ1) is 18.8. The summed E-state index contributed by atoms with van der Waals surface area (Å²) in [6, 6.07) is 11.7. The fourth-order valence-corrected chi connectivity index (χ4v) is 4.44. The van der Waals surface area contributed by atoms with E-state index in [1.807, 2.05) is 12.1 Å². The lowest BCUT2D eigenvalue weighted by atomic mass is 9.62. The molecule has 4 rings (SSSR count).